The van der Waals surface area contributed by atoms with Gasteiger partial charge in [-0.2, -0.15) is 0 Å². The summed E-state index contributed by atoms with van der Waals surface area (Å²) in [6.45, 7) is 0. The first-order valence-corrected chi connectivity index (χ1v) is 12.8. The molecule has 0 fully saturated rings. The molecule has 0 radical (unpaired) electrons. The number of benzene rings is 2. The van der Waals surface area contributed by atoms with E-state index in [1.807, 2.05) is 24.3 Å². The number of ether oxygens (including phenoxy) is 1. The minimum Gasteiger partial charge on any atom is -0.497 e. The molecule has 12 heteroatoms. The maximum absolute atomic E-state index is 12.1. The SMILES string of the molecule is COc1ccc(CSc2nnc(SCC(=O)Nc3ccc(S(N)(=O)=O)cc3)s2)cc1. The van der Waals surface area contributed by atoms with Crippen LogP contribution < -0.4 is 15.2 Å². The zero-order chi connectivity index (χ0) is 21.6. The maximum Gasteiger partial charge on any atom is 0.238 e. The Bertz CT molecular complexity index is 1100. The monoisotopic (exact) mass is 482 g/mol. The van der Waals surface area contributed by atoms with Crippen LogP contribution >= 0.6 is 34.9 Å². The summed E-state index contributed by atoms with van der Waals surface area (Å²) in [6, 6.07) is 13.5. The Kier molecular flexibility index (Phi) is 7.72. The smallest absolute Gasteiger partial charge is 0.238 e. The van der Waals surface area contributed by atoms with Crippen molar-refractivity contribution >= 4 is 56.5 Å². The number of primary sulfonamides is 1. The van der Waals surface area contributed by atoms with E-state index in [1.165, 1.54) is 47.4 Å². The lowest BCUT2D eigenvalue weighted by atomic mass is 10.2. The van der Waals surface area contributed by atoms with Crippen molar-refractivity contribution in [1.82, 2.24) is 10.2 Å². The number of nitrogens with two attached hydrogens (primary N) is 1. The molecule has 8 nitrogen and oxygen atoms in total. The number of carbonyl (C=O) groups excluding carboxylic acids is 1. The Morgan fingerprint density at radius 3 is 2.30 bits per heavy atom. The fourth-order valence-corrected chi connectivity index (χ4v) is 5.52. The van der Waals surface area contributed by atoms with Gasteiger partial charge in [0, 0.05) is 11.4 Å². The van der Waals surface area contributed by atoms with Gasteiger partial charge in [-0.1, -0.05) is 47.0 Å². The van der Waals surface area contributed by atoms with E-state index in [4.69, 9.17) is 9.88 Å². The van der Waals surface area contributed by atoms with Crippen LogP contribution in [0.1, 0.15) is 5.56 Å². The molecule has 2 aromatic carbocycles. The predicted octanol–water partition coefficient (Wildman–Crippen LogP) is 3.22. The van der Waals surface area contributed by atoms with Crippen LogP contribution in [0.5, 0.6) is 5.75 Å². The molecule has 1 aromatic heterocycles. The van der Waals surface area contributed by atoms with Crippen LogP contribution in [0.25, 0.3) is 0 Å². The molecular formula is C18H18N4O4S4. The van der Waals surface area contributed by atoms with E-state index in [1.54, 1.807) is 18.9 Å². The lowest BCUT2D eigenvalue weighted by Gasteiger charge is -2.05. The van der Waals surface area contributed by atoms with Crippen LogP contribution in [0.3, 0.4) is 0 Å². The Balaban J connectivity index is 1.45. The van der Waals surface area contributed by atoms with Crippen LogP contribution in [0, 0.1) is 0 Å². The van der Waals surface area contributed by atoms with E-state index in [0.717, 1.165) is 21.4 Å². The first-order chi connectivity index (χ1) is 14.3. The molecule has 0 atom stereocenters. The third kappa shape index (κ3) is 6.71. The Morgan fingerprint density at radius 2 is 1.70 bits per heavy atom. The van der Waals surface area contributed by atoms with Gasteiger partial charge in [0.1, 0.15) is 5.75 Å². The average Bonchev–Trinajstić information content (AvgIpc) is 3.19. The second-order valence-corrected chi connectivity index (χ2v) is 10.9. The molecule has 0 saturated carbocycles. The van der Waals surface area contributed by atoms with Crippen molar-refractivity contribution in [2.45, 2.75) is 19.3 Å². The molecular weight excluding hydrogens is 464 g/mol. The largest absolute Gasteiger partial charge is 0.497 e. The number of carbonyl (C=O) groups is 1. The van der Waals surface area contributed by atoms with Crippen LogP contribution in [0.15, 0.2) is 62.1 Å². The van der Waals surface area contributed by atoms with Gasteiger partial charge in [-0.05, 0) is 42.0 Å². The molecule has 0 bridgehead atoms. The van der Waals surface area contributed by atoms with Crippen molar-refractivity contribution in [1.29, 1.82) is 0 Å². The fraction of sp³-hybridized carbons (Fsp3) is 0.167. The molecule has 1 amide bonds. The quantitative estimate of drug-likeness (QED) is 0.446. The number of anilines is 1. The zero-order valence-electron chi connectivity index (χ0n) is 15.8. The van der Waals surface area contributed by atoms with Crippen molar-refractivity contribution in [3.63, 3.8) is 0 Å². The third-order valence-electron chi connectivity index (χ3n) is 3.70. The van der Waals surface area contributed by atoms with Crippen LogP contribution in [-0.4, -0.2) is 37.4 Å². The molecule has 0 aliphatic heterocycles. The minimum absolute atomic E-state index is 0.0107. The Morgan fingerprint density at radius 1 is 1.07 bits per heavy atom. The van der Waals surface area contributed by atoms with Gasteiger partial charge in [-0.3, -0.25) is 4.79 Å². The van der Waals surface area contributed by atoms with Crippen molar-refractivity contribution in [2.75, 3.05) is 18.2 Å². The van der Waals surface area contributed by atoms with E-state index >= 15 is 0 Å². The highest BCUT2D eigenvalue weighted by Crippen LogP contribution is 2.31. The summed E-state index contributed by atoms with van der Waals surface area (Å²) in [6.07, 6.45) is 0. The highest BCUT2D eigenvalue weighted by atomic mass is 32.2. The molecule has 158 valence electrons. The Hall–Kier alpha value is -2.12. The molecule has 1 heterocycles. The highest BCUT2D eigenvalue weighted by molar-refractivity contribution is 8.03. The Labute approximate surface area is 186 Å². The standard InChI is InChI=1S/C18H18N4O4S4/c1-26-14-6-2-12(3-7-14)10-27-17-21-22-18(29-17)28-11-16(23)20-13-4-8-15(9-5-13)30(19,24)25/h2-9H,10-11H2,1H3,(H,20,23)(H2,19,24,25). The van der Waals surface area contributed by atoms with Gasteiger partial charge in [0.15, 0.2) is 8.68 Å². The third-order valence-corrected chi connectivity index (χ3v) is 7.89. The summed E-state index contributed by atoms with van der Waals surface area (Å²) in [5.41, 5.74) is 1.64. The first-order valence-electron chi connectivity index (χ1n) is 8.48. The number of sulfonamides is 1. The topological polar surface area (TPSA) is 124 Å². The number of thioether (sulfide) groups is 2. The van der Waals surface area contributed by atoms with E-state index in [9.17, 15) is 13.2 Å². The number of nitrogens with zero attached hydrogens (tertiary/aromatic N) is 2. The van der Waals surface area contributed by atoms with Gasteiger partial charge in [-0.15, -0.1) is 10.2 Å². The average molecular weight is 483 g/mol. The molecule has 3 aromatic rings. The number of amides is 1. The van der Waals surface area contributed by atoms with Crippen molar-refractivity contribution < 1.29 is 17.9 Å². The van der Waals surface area contributed by atoms with Gasteiger partial charge < -0.3 is 10.1 Å². The lowest BCUT2D eigenvalue weighted by Crippen LogP contribution is -2.15. The predicted molar refractivity (Wildman–Crippen MR) is 120 cm³/mol. The molecule has 0 unspecified atom stereocenters. The minimum atomic E-state index is -3.76. The summed E-state index contributed by atoms with van der Waals surface area (Å²) >= 11 is 4.30. The summed E-state index contributed by atoms with van der Waals surface area (Å²) in [5.74, 6) is 1.51. The van der Waals surface area contributed by atoms with Crippen molar-refractivity contribution in [2.24, 2.45) is 5.14 Å². The molecule has 3 rings (SSSR count). The van der Waals surface area contributed by atoms with Crippen LogP contribution in [-0.2, 0) is 20.6 Å². The summed E-state index contributed by atoms with van der Waals surface area (Å²) in [5, 5.41) is 16.0. The van der Waals surface area contributed by atoms with E-state index in [-0.39, 0.29) is 16.6 Å². The number of hydrogen-bond donors (Lipinski definition) is 2. The molecule has 0 aliphatic rings. The van der Waals surface area contributed by atoms with E-state index < -0.39 is 10.0 Å². The maximum atomic E-state index is 12.1. The summed E-state index contributed by atoms with van der Waals surface area (Å²) < 4.78 is 29.2. The second-order valence-electron chi connectivity index (χ2n) is 5.88. The van der Waals surface area contributed by atoms with Crippen LogP contribution in [0.2, 0.25) is 0 Å². The zero-order valence-corrected chi connectivity index (χ0v) is 19.0. The summed E-state index contributed by atoms with van der Waals surface area (Å²) in [7, 11) is -2.12. The molecule has 0 spiro atoms. The van der Waals surface area contributed by atoms with Gasteiger partial charge >= 0.3 is 0 Å². The lowest BCUT2D eigenvalue weighted by molar-refractivity contribution is -0.113. The normalized spacial score (nSPS) is 11.3. The number of nitrogens with one attached hydrogen (secondary N) is 1. The molecule has 30 heavy (non-hydrogen) atoms. The first kappa shape index (κ1) is 22.6. The van der Waals surface area contributed by atoms with E-state index in [0.29, 0.717) is 10.0 Å². The van der Waals surface area contributed by atoms with Gasteiger partial charge in [-0.25, -0.2) is 13.6 Å². The van der Waals surface area contributed by atoms with Gasteiger partial charge in [0.25, 0.3) is 0 Å². The van der Waals surface area contributed by atoms with Gasteiger partial charge in [0.2, 0.25) is 15.9 Å². The molecule has 0 aliphatic carbocycles. The number of aromatic nitrogens is 2. The highest BCUT2D eigenvalue weighted by Gasteiger charge is 2.11. The van der Waals surface area contributed by atoms with Crippen LogP contribution in [0.4, 0.5) is 5.69 Å². The molecule has 3 N–H and O–H groups in total. The number of hydrogen-bond acceptors (Lipinski definition) is 9. The number of methoxy groups -OCH3 is 1. The number of rotatable bonds is 9. The van der Waals surface area contributed by atoms with E-state index in [2.05, 4.69) is 15.5 Å². The fourth-order valence-electron chi connectivity index (χ4n) is 2.23. The van der Waals surface area contributed by atoms with Gasteiger partial charge in [0.05, 0.1) is 17.8 Å². The molecule has 0 saturated heterocycles. The second kappa shape index (κ2) is 10.3. The van der Waals surface area contributed by atoms with Crippen molar-refractivity contribution in [3.05, 3.63) is 54.1 Å². The summed E-state index contributed by atoms with van der Waals surface area (Å²) in [4.78, 5) is 12.1. The van der Waals surface area contributed by atoms with Crippen molar-refractivity contribution in [3.8, 4) is 5.75 Å².